The van der Waals surface area contributed by atoms with E-state index in [1.807, 2.05) is 6.07 Å². The summed E-state index contributed by atoms with van der Waals surface area (Å²) < 4.78 is 0. The maximum Gasteiger partial charge on any atom is 0.271 e. The molecule has 3 N–H and O–H groups in total. The smallest absolute Gasteiger partial charge is 0.271 e. The van der Waals surface area contributed by atoms with E-state index in [0.29, 0.717) is 22.2 Å². The van der Waals surface area contributed by atoms with Gasteiger partial charge in [0.25, 0.3) is 11.6 Å². The highest BCUT2D eigenvalue weighted by atomic mass is 32.1. The second kappa shape index (κ2) is 8.05. The summed E-state index contributed by atoms with van der Waals surface area (Å²) in [6, 6.07) is 18.4. The molecule has 160 valence electrons. The minimum absolute atomic E-state index is 0.0885. The molecule has 2 heterocycles. The van der Waals surface area contributed by atoms with Crippen LogP contribution >= 0.6 is 11.3 Å². The van der Waals surface area contributed by atoms with Crippen LogP contribution in [0.25, 0.3) is 10.2 Å². The third-order valence-corrected chi connectivity index (χ3v) is 6.99. The highest BCUT2D eigenvalue weighted by Crippen LogP contribution is 2.38. The zero-order valence-electron chi connectivity index (χ0n) is 17.1. The maximum atomic E-state index is 12.9. The topological polar surface area (TPSA) is 111 Å². The lowest BCUT2D eigenvalue weighted by Gasteiger charge is -2.24. The fourth-order valence-corrected chi connectivity index (χ4v) is 5.25. The van der Waals surface area contributed by atoms with E-state index in [-0.39, 0.29) is 5.69 Å². The zero-order chi connectivity index (χ0) is 22.2. The van der Waals surface area contributed by atoms with Gasteiger partial charge in [0.05, 0.1) is 10.6 Å². The van der Waals surface area contributed by atoms with Crippen molar-refractivity contribution in [3.63, 3.8) is 0 Å². The Bertz CT molecular complexity index is 1350. The van der Waals surface area contributed by atoms with Gasteiger partial charge in [0, 0.05) is 28.9 Å². The molecule has 4 aromatic rings. The Balaban J connectivity index is 1.44. The number of rotatable bonds is 4. The van der Waals surface area contributed by atoms with Crippen molar-refractivity contribution in [2.45, 2.75) is 25.2 Å². The van der Waals surface area contributed by atoms with Gasteiger partial charge in [-0.1, -0.05) is 36.4 Å². The minimum atomic E-state index is -0.499. The molecule has 0 bridgehead atoms. The van der Waals surface area contributed by atoms with Gasteiger partial charge in [0.15, 0.2) is 0 Å². The molecule has 0 saturated heterocycles. The number of non-ortho nitro benzene ring substituents is 1. The monoisotopic (exact) mass is 444 g/mol. The number of aryl methyl sites for hydroxylation is 1. The van der Waals surface area contributed by atoms with Crippen LogP contribution < -0.4 is 11.1 Å². The van der Waals surface area contributed by atoms with Crippen molar-refractivity contribution in [1.82, 2.24) is 4.98 Å². The van der Waals surface area contributed by atoms with E-state index in [1.54, 1.807) is 6.07 Å². The van der Waals surface area contributed by atoms with Crippen LogP contribution in [0.15, 0.2) is 60.7 Å². The SMILES string of the molecule is Nc1c(C(=O)Nc2cccc([N+](=O)[O-])c2)sc2nc3c(cc12)CC(c1ccccc1)CC3. The summed E-state index contributed by atoms with van der Waals surface area (Å²) >= 11 is 1.25. The molecule has 0 saturated carbocycles. The number of hydrogen-bond acceptors (Lipinski definition) is 6. The summed E-state index contributed by atoms with van der Waals surface area (Å²) in [5, 5.41) is 14.5. The Kier molecular flexibility index (Phi) is 5.07. The molecule has 0 aliphatic heterocycles. The Morgan fingerprint density at radius 3 is 2.75 bits per heavy atom. The van der Waals surface area contributed by atoms with E-state index in [9.17, 15) is 14.9 Å². The van der Waals surface area contributed by atoms with Crippen LogP contribution in [0, 0.1) is 10.1 Å². The number of nitrogens with two attached hydrogens (primary N) is 1. The number of nitrogens with one attached hydrogen (secondary N) is 1. The van der Waals surface area contributed by atoms with E-state index in [0.717, 1.165) is 35.2 Å². The molecule has 1 amide bonds. The van der Waals surface area contributed by atoms with E-state index in [1.165, 1.54) is 40.7 Å². The first-order chi connectivity index (χ1) is 15.5. The van der Waals surface area contributed by atoms with Crippen LogP contribution in [-0.2, 0) is 12.8 Å². The van der Waals surface area contributed by atoms with Crippen LogP contribution in [0.1, 0.15) is 38.8 Å². The Hall–Kier alpha value is -3.78. The van der Waals surface area contributed by atoms with Crippen molar-refractivity contribution in [3.05, 3.63) is 92.5 Å². The average molecular weight is 445 g/mol. The molecule has 2 aromatic heterocycles. The standard InChI is InChI=1S/C24H20N4O3S/c25-21-19-12-16-11-15(14-5-2-1-3-6-14)9-10-20(16)27-24(19)32-22(21)23(29)26-17-7-4-8-18(13-17)28(30)31/h1-8,12-13,15H,9-11,25H2,(H,26,29). The number of carbonyl (C=O) groups is 1. The highest BCUT2D eigenvalue weighted by molar-refractivity contribution is 7.21. The number of nitro benzene ring substituents is 1. The first-order valence-corrected chi connectivity index (χ1v) is 11.1. The number of anilines is 2. The van der Waals surface area contributed by atoms with Gasteiger partial charge in [0.2, 0.25) is 0 Å². The molecule has 1 aliphatic rings. The number of benzene rings is 2. The summed E-state index contributed by atoms with van der Waals surface area (Å²) in [5.74, 6) is 0.0468. The fourth-order valence-electron chi connectivity index (χ4n) is 4.25. The lowest BCUT2D eigenvalue weighted by atomic mass is 9.82. The summed E-state index contributed by atoms with van der Waals surface area (Å²) in [5.41, 5.74) is 10.6. The number of hydrogen-bond donors (Lipinski definition) is 2. The van der Waals surface area contributed by atoms with Crippen LogP contribution in [0.4, 0.5) is 17.1 Å². The third-order valence-electron chi connectivity index (χ3n) is 5.88. The van der Waals surface area contributed by atoms with Crippen molar-refractivity contribution < 1.29 is 9.72 Å². The van der Waals surface area contributed by atoms with E-state index in [2.05, 4.69) is 35.6 Å². The van der Waals surface area contributed by atoms with Crippen molar-refractivity contribution >= 4 is 44.5 Å². The van der Waals surface area contributed by atoms with Crippen molar-refractivity contribution in [2.75, 3.05) is 11.1 Å². The van der Waals surface area contributed by atoms with Gasteiger partial charge in [-0.05, 0) is 48.4 Å². The average Bonchev–Trinajstić information content (AvgIpc) is 3.13. The molecular formula is C24H20N4O3S. The van der Waals surface area contributed by atoms with E-state index < -0.39 is 10.8 Å². The first-order valence-electron chi connectivity index (χ1n) is 10.3. The molecular weight excluding hydrogens is 424 g/mol. The molecule has 5 rings (SSSR count). The molecule has 1 atom stereocenters. The molecule has 1 unspecified atom stereocenters. The summed E-state index contributed by atoms with van der Waals surface area (Å²) in [6.07, 6.45) is 2.82. The molecule has 0 radical (unpaired) electrons. The zero-order valence-corrected chi connectivity index (χ0v) is 17.9. The number of aromatic nitrogens is 1. The lowest BCUT2D eigenvalue weighted by Crippen LogP contribution is -2.14. The predicted molar refractivity (Wildman–Crippen MR) is 126 cm³/mol. The van der Waals surface area contributed by atoms with E-state index >= 15 is 0 Å². The van der Waals surface area contributed by atoms with Gasteiger partial charge in [-0.15, -0.1) is 11.3 Å². The van der Waals surface area contributed by atoms with Gasteiger partial charge in [-0.2, -0.15) is 0 Å². The second-order valence-electron chi connectivity index (χ2n) is 7.90. The minimum Gasteiger partial charge on any atom is -0.397 e. The highest BCUT2D eigenvalue weighted by Gasteiger charge is 2.24. The summed E-state index contributed by atoms with van der Waals surface area (Å²) in [6.45, 7) is 0. The number of nitro groups is 1. The number of carbonyl (C=O) groups excluding carboxylic acids is 1. The molecule has 2 aromatic carbocycles. The van der Waals surface area contributed by atoms with Crippen molar-refractivity contribution in [3.8, 4) is 0 Å². The molecule has 32 heavy (non-hydrogen) atoms. The molecule has 1 aliphatic carbocycles. The van der Waals surface area contributed by atoms with Crippen molar-refractivity contribution in [1.29, 1.82) is 0 Å². The van der Waals surface area contributed by atoms with Gasteiger partial charge in [-0.25, -0.2) is 4.98 Å². The van der Waals surface area contributed by atoms with E-state index in [4.69, 9.17) is 10.7 Å². The van der Waals surface area contributed by atoms with Gasteiger partial charge >= 0.3 is 0 Å². The number of pyridine rings is 1. The molecule has 0 spiro atoms. The normalized spacial score (nSPS) is 15.3. The van der Waals surface area contributed by atoms with Crippen molar-refractivity contribution in [2.24, 2.45) is 0 Å². The summed E-state index contributed by atoms with van der Waals surface area (Å²) in [4.78, 5) is 29.3. The number of nitrogen functional groups attached to an aromatic ring is 1. The number of fused-ring (bicyclic) bond motifs is 2. The quantitative estimate of drug-likeness (QED) is 0.327. The van der Waals surface area contributed by atoms with Crippen LogP contribution in [0.5, 0.6) is 0 Å². The van der Waals surface area contributed by atoms with Crippen LogP contribution in [0.2, 0.25) is 0 Å². The third kappa shape index (κ3) is 3.69. The first kappa shape index (κ1) is 20.1. The number of amides is 1. The Labute approximate surface area is 188 Å². The summed E-state index contributed by atoms with van der Waals surface area (Å²) in [7, 11) is 0. The van der Waals surface area contributed by atoms with Crippen LogP contribution in [-0.4, -0.2) is 15.8 Å². The predicted octanol–water partition coefficient (Wildman–Crippen LogP) is 5.31. The number of nitrogens with zero attached hydrogens (tertiary/aromatic N) is 2. The molecule has 8 heteroatoms. The van der Waals surface area contributed by atoms with Gasteiger partial charge in [-0.3, -0.25) is 14.9 Å². The molecule has 7 nitrogen and oxygen atoms in total. The second-order valence-corrected chi connectivity index (χ2v) is 8.90. The lowest BCUT2D eigenvalue weighted by molar-refractivity contribution is -0.384. The molecule has 0 fully saturated rings. The van der Waals surface area contributed by atoms with Crippen LogP contribution in [0.3, 0.4) is 0 Å². The van der Waals surface area contributed by atoms with Gasteiger partial charge in [0.1, 0.15) is 9.71 Å². The largest absolute Gasteiger partial charge is 0.397 e. The van der Waals surface area contributed by atoms with Gasteiger partial charge < -0.3 is 11.1 Å². The number of thiophene rings is 1. The Morgan fingerprint density at radius 1 is 1.16 bits per heavy atom. The maximum absolute atomic E-state index is 12.9. The Morgan fingerprint density at radius 2 is 1.97 bits per heavy atom. The fraction of sp³-hybridized carbons (Fsp3) is 0.167.